The van der Waals surface area contributed by atoms with Crippen LogP contribution in [0.25, 0.3) is 0 Å². The summed E-state index contributed by atoms with van der Waals surface area (Å²) < 4.78 is 7.10. The molecule has 15 heavy (non-hydrogen) atoms. The molecule has 1 aliphatic rings. The van der Waals surface area contributed by atoms with Crippen LogP contribution < -0.4 is 0 Å². The van der Waals surface area contributed by atoms with E-state index in [2.05, 4.69) is 23.7 Å². The first kappa shape index (κ1) is 12.2. The van der Waals surface area contributed by atoms with Crippen molar-refractivity contribution >= 4 is 0 Å². The molecule has 4 nitrogen and oxygen atoms in total. The summed E-state index contributed by atoms with van der Waals surface area (Å²) in [6, 6.07) is 0.689. The largest absolute Gasteiger partial charge is 0.379 e. The van der Waals surface area contributed by atoms with E-state index in [1.54, 1.807) is 12.5 Å². The number of hydrogen-bond donors (Lipinski definition) is 0. The maximum absolute atomic E-state index is 5.21. The molecule has 0 amide bonds. The maximum Gasteiger partial charge on any atom is 0.0943 e. The van der Waals surface area contributed by atoms with E-state index >= 15 is 0 Å². The van der Waals surface area contributed by atoms with E-state index in [-0.39, 0.29) is 0 Å². The van der Waals surface area contributed by atoms with Crippen molar-refractivity contribution in [3.8, 4) is 0 Å². The molecule has 86 valence electrons. The highest BCUT2D eigenvalue weighted by atomic mass is 16.5. The third kappa shape index (κ3) is 4.95. The van der Waals surface area contributed by atoms with Gasteiger partial charge < -0.3 is 9.30 Å². The molecule has 0 aromatic carbocycles. The van der Waals surface area contributed by atoms with Crippen molar-refractivity contribution in [2.24, 2.45) is 7.05 Å². The minimum absolute atomic E-state index is 0.689. The van der Waals surface area contributed by atoms with Crippen molar-refractivity contribution in [3.63, 3.8) is 0 Å². The van der Waals surface area contributed by atoms with Crippen molar-refractivity contribution in [1.82, 2.24) is 14.5 Å². The molecule has 1 saturated heterocycles. The van der Waals surface area contributed by atoms with Gasteiger partial charge in [-0.2, -0.15) is 0 Å². The summed E-state index contributed by atoms with van der Waals surface area (Å²) in [7, 11) is 1.94. The topological polar surface area (TPSA) is 30.3 Å². The van der Waals surface area contributed by atoms with E-state index in [0.717, 1.165) is 26.3 Å². The second-order valence-electron chi connectivity index (χ2n) is 3.97. The fourth-order valence-electron chi connectivity index (χ4n) is 1.42. The summed E-state index contributed by atoms with van der Waals surface area (Å²) in [6.07, 6.45) is 5.39. The molecule has 0 bridgehead atoms. The van der Waals surface area contributed by atoms with Crippen molar-refractivity contribution in [3.05, 3.63) is 18.7 Å². The van der Waals surface area contributed by atoms with Crippen LogP contribution in [0.5, 0.6) is 0 Å². The number of hydrogen-bond acceptors (Lipinski definition) is 3. The Morgan fingerprint density at radius 1 is 1.27 bits per heavy atom. The van der Waals surface area contributed by atoms with Gasteiger partial charge in [0.1, 0.15) is 0 Å². The van der Waals surface area contributed by atoms with Crippen LogP contribution in [0.4, 0.5) is 0 Å². The minimum Gasteiger partial charge on any atom is -0.379 e. The van der Waals surface area contributed by atoms with Gasteiger partial charge in [-0.05, 0) is 13.8 Å². The molecule has 2 rings (SSSR count). The van der Waals surface area contributed by atoms with Crippen LogP contribution in [0.2, 0.25) is 0 Å². The van der Waals surface area contributed by atoms with Crippen LogP contribution in [0.3, 0.4) is 0 Å². The molecule has 2 heterocycles. The fourth-order valence-corrected chi connectivity index (χ4v) is 1.42. The fraction of sp³-hybridized carbons (Fsp3) is 0.727. The zero-order valence-corrected chi connectivity index (χ0v) is 9.89. The predicted octanol–water partition coefficient (Wildman–Crippen LogP) is 1.15. The molecule has 1 fully saturated rings. The summed E-state index contributed by atoms with van der Waals surface area (Å²) in [5.41, 5.74) is 0. The first-order chi connectivity index (χ1) is 7.20. The SMILES string of the molecule is CC(C)N1CCOCC1.Cn1ccnc1. The van der Waals surface area contributed by atoms with Crippen molar-refractivity contribution in [2.45, 2.75) is 19.9 Å². The van der Waals surface area contributed by atoms with Crippen molar-refractivity contribution in [1.29, 1.82) is 0 Å². The molecule has 1 aromatic heterocycles. The van der Waals surface area contributed by atoms with Crippen LogP contribution in [0.15, 0.2) is 18.7 Å². The van der Waals surface area contributed by atoms with Gasteiger partial charge in [-0.15, -0.1) is 0 Å². The van der Waals surface area contributed by atoms with Crippen LogP contribution in [0.1, 0.15) is 13.8 Å². The minimum atomic E-state index is 0.689. The number of morpholine rings is 1. The Bertz CT molecular complexity index is 240. The lowest BCUT2D eigenvalue weighted by Crippen LogP contribution is -2.40. The first-order valence-corrected chi connectivity index (χ1v) is 5.44. The van der Waals surface area contributed by atoms with Gasteiger partial charge in [0.25, 0.3) is 0 Å². The molecule has 0 aliphatic carbocycles. The molecule has 0 saturated carbocycles. The lowest BCUT2D eigenvalue weighted by molar-refractivity contribution is 0.0238. The smallest absolute Gasteiger partial charge is 0.0943 e. The highest BCUT2D eigenvalue weighted by Crippen LogP contribution is 2.01. The first-order valence-electron chi connectivity index (χ1n) is 5.44. The average molecular weight is 211 g/mol. The standard InChI is InChI=1S/C7H15NO.C4H6N2/c1-7(2)8-3-5-9-6-4-8;1-6-3-2-5-4-6/h7H,3-6H2,1-2H3;2-4H,1H3. The van der Waals surface area contributed by atoms with Gasteiger partial charge in [0.15, 0.2) is 0 Å². The number of aryl methyl sites for hydroxylation is 1. The van der Waals surface area contributed by atoms with E-state index in [1.165, 1.54) is 0 Å². The summed E-state index contributed by atoms with van der Waals surface area (Å²) >= 11 is 0. The second kappa shape index (κ2) is 6.58. The molecule has 1 aliphatic heterocycles. The van der Waals surface area contributed by atoms with Crippen LogP contribution in [-0.2, 0) is 11.8 Å². The maximum atomic E-state index is 5.21. The van der Waals surface area contributed by atoms with Gasteiger partial charge in [-0.25, -0.2) is 4.98 Å². The Labute approximate surface area is 91.9 Å². The molecule has 0 spiro atoms. The number of nitrogens with zero attached hydrogens (tertiary/aromatic N) is 3. The van der Waals surface area contributed by atoms with Crippen molar-refractivity contribution in [2.75, 3.05) is 26.3 Å². The van der Waals surface area contributed by atoms with E-state index in [1.807, 2.05) is 17.8 Å². The normalized spacial score (nSPS) is 17.3. The summed E-state index contributed by atoms with van der Waals surface area (Å²) in [5, 5.41) is 0. The monoisotopic (exact) mass is 211 g/mol. The van der Waals surface area contributed by atoms with Crippen LogP contribution in [-0.4, -0.2) is 46.8 Å². The quantitative estimate of drug-likeness (QED) is 0.698. The number of imidazole rings is 1. The van der Waals surface area contributed by atoms with Gasteiger partial charge >= 0.3 is 0 Å². The Hall–Kier alpha value is -0.870. The Kier molecular flexibility index (Phi) is 5.36. The molecular formula is C11H21N3O. The predicted molar refractivity (Wildman–Crippen MR) is 60.7 cm³/mol. The Morgan fingerprint density at radius 2 is 1.93 bits per heavy atom. The highest BCUT2D eigenvalue weighted by molar-refractivity contribution is 4.70. The number of ether oxygens (including phenoxy) is 1. The zero-order valence-electron chi connectivity index (χ0n) is 9.89. The second-order valence-corrected chi connectivity index (χ2v) is 3.97. The number of aromatic nitrogens is 2. The van der Waals surface area contributed by atoms with E-state index in [9.17, 15) is 0 Å². The van der Waals surface area contributed by atoms with Crippen LogP contribution >= 0.6 is 0 Å². The molecule has 0 radical (unpaired) electrons. The Morgan fingerprint density at radius 3 is 2.20 bits per heavy atom. The zero-order chi connectivity index (χ0) is 11.1. The lowest BCUT2D eigenvalue weighted by Gasteiger charge is -2.29. The molecule has 0 unspecified atom stereocenters. The summed E-state index contributed by atoms with van der Waals surface area (Å²) in [5.74, 6) is 0. The third-order valence-electron chi connectivity index (χ3n) is 2.41. The Balaban J connectivity index is 0.000000162. The van der Waals surface area contributed by atoms with Gasteiger partial charge in [-0.1, -0.05) is 0 Å². The highest BCUT2D eigenvalue weighted by Gasteiger charge is 2.11. The van der Waals surface area contributed by atoms with E-state index in [4.69, 9.17) is 4.74 Å². The molecule has 1 aromatic rings. The van der Waals surface area contributed by atoms with Crippen LogP contribution in [0, 0.1) is 0 Å². The summed E-state index contributed by atoms with van der Waals surface area (Å²) in [6.45, 7) is 8.50. The molecule has 4 heteroatoms. The summed E-state index contributed by atoms with van der Waals surface area (Å²) in [4.78, 5) is 6.22. The van der Waals surface area contributed by atoms with E-state index in [0.29, 0.717) is 6.04 Å². The molecule has 0 N–H and O–H groups in total. The molecule has 0 atom stereocenters. The van der Waals surface area contributed by atoms with Gasteiger partial charge in [-0.3, -0.25) is 4.90 Å². The van der Waals surface area contributed by atoms with Gasteiger partial charge in [0.05, 0.1) is 19.5 Å². The molecular weight excluding hydrogens is 190 g/mol. The van der Waals surface area contributed by atoms with E-state index < -0.39 is 0 Å². The average Bonchev–Trinajstić information content (AvgIpc) is 2.71. The van der Waals surface area contributed by atoms with Gasteiger partial charge in [0, 0.05) is 38.6 Å². The van der Waals surface area contributed by atoms with Gasteiger partial charge in [0.2, 0.25) is 0 Å². The number of rotatable bonds is 1. The lowest BCUT2D eigenvalue weighted by atomic mass is 10.3. The van der Waals surface area contributed by atoms with Crippen molar-refractivity contribution < 1.29 is 4.74 Å². The third-order valence-corrected chi connectivity index (χ3v) is 2.41.